The number of rotatable bonds is 20. The van der Waals surface area contributed by atoms with E-state index >= 15 is 0 Å². The van der Waals surface area contributed by atoms with Crippen molar-refractivity contribution in [3.8, 4) is 11.5 Å². The smallest absolute Gasteiger partial charge is 0.316 e. The number of unbranched alkanes of at least 4 members (excludes halogenated alkanes) is 9. The molecule has 8 nitrogen and oxygen atoms in total. The second-order valence-electron chi connectivity index (χ2n) is 10.8. The Kier molecular flexibility index (Phi) is 13.0. The number of nitrogens with zero attached hydrogens (tertiary/aromatic N) is 3. The van der Waals surface area contributed by atoms with Crippen LogP contribution >= 0.6 is 11.6 Å². The summed E-state index contributed by atoms with van der Waals surface area (Å²) in [6.45, 7) is 4.89. The van der Waals surface area contributed by atoms with Crippen LogP contribution in [-0.4, -0.2) is 30.6 Å². The molecule has 0 aliphatic heterocycles. The third-order valence-electron chi connectivity index (χ3n) is 7.32. The van der Waals surface area contributed by atoms with Crippen molar-refractivity contribution in [3.63, 3.8) is 0 Å². The normalized spacial score (nSPS) is 12.1. The molecule has 0 bridgehead atoms. The monoisotopic (exact) mass is 613 g/mol. The molecule has 228 valence electrons. The van der Waals surface area contributed by atoms with Gasteiger partial charge in [0.25, 0.3) is 0 Å². The molecule has 2 heterocycles. The van der Waals surface area contributed by atoms with E-state index in [9.17, 15) is 4.21 Å². The summed E-state index contributed by atoms with van der Waals surface area (Å²) in [6, 6.07) is 15.1. The van der Waals surface area contributed by atoms with Gasteiger partial charge in [0.2, 0.25) is 0 Å². The number of halogens is 1. The van der Waals surface area contributed by atoms with Gasteiger partial charge in [-0.05, 0) is 68.1 Å². The number of benzene rings is 2. The predicted octanol–water partition coefficient (Wildman–Crippen LogP) is 8.56. The van der Waals surface area contributed by atoms with Crippen molar-refractivity contribution in [2.24, 2.45) is 0 Å². The average molecular weight is 614 g/mol. The van der Waals surface area contributed by atoms with Crippen molar-refractivity contribution in [3.05, 3.63) is 70.6 Å². The fraction of sp³-hybridized carbons (Fsp3) is 0.500. The van der Waals surface area contributed by atoms with Gasteiger partial charge in [-0.3, -0.25) is 9.82 Å². The van der Waals surface area contributed by atoms with Gasteiger partial charge >= 0.3 is 11.3 Å². The third-order valence-corrected chi connectivity index (χ3v) is 8.52. The van der Waals surface area contributed by atoms with Crippen LogP contribution < -0.4 is 13.6 Å². The average Bonchev–Trinajstić information content (AvgIpc) is 3.51. The minimum Gasteiger partial charge on any atom is -0.494 e. The van der Waals surface area contributed by atoms with Crippen molar-refractivity contribution < 1.29 is 13.1 Å². The van der Waals surface area contributed by atoms with E-state index in [2.05, 4.69) is 26.9 Å². The van der Waals surface area contributed by atoms with Crippen LogP contribution in [0.4, 0.5) is 5.69 Å². The maximum Gasteiger partial charge on any atom is 0.316 e. The summed E-state index contributed by atoms with van der Waals surface area (Å²) in [7, 11) is 0. The number of fused-ring (bicyclic) bond motifs is 1. The Morgan fingerprint density at radius 2 is 1.48 bits per heavy atom. The van der Waals surface area contributed by atoms with E-state index in [1.54, 1.807) is 12.1 Å². The lowest BCUT2D eigenvalue weighted by Crippen LogP contribution is -2.11. The zero-order valence-electron chi connectivity index (χ0n) is 24.9. The number of anilines is 1. The molecule has 0 fully saturated rings. The lowest BCUT2D eigenvalue weighted by Gasteiger charge is -2.09. The highest BCUT2D eigenvalue weighted by atomic mass is 35.5. The molecular weight excluding hydrogens is 570 g/mol. The summed E-state index contributed by atoms with van der Waals surface area (Å²) in [5.41, 5.74) is 3.46. The maximum atomic E-state index is 12.5. The molecule has 42 heavy (non-hydrogen) atoms. The molecule has 2 aromatic heterocycles. The van der Waals surface area contributed by atoms with E-state index in [1.165, 1.54) is 63.4 Å². The van der Waals surface area contributed by atoms with E-state index in [-0.39, 0.29) is 0 Å². The SMILES string of the molecule is CCCCCCCCCCCCOc1ccc(OS(=O)Nc2ccc(CCCc3nnc4c(Cl)c(C)[nH]n34)cc2)cc1. The highest BCUT2D eigenvalue weighted by molar-refractivity contribution is 7.81. The fourth-order valence-corrected chi connectivity index (χ4v) is 5.71. The summed E-state index contributed by atoms with van der Waals surface area (Å²) < 4.78 is 28.6. The summed E-state index contributed by atoms with van der Waals surface area (Å²) in [5, 5.41) is 12.2. The van der Waals surface area contributed by atoms with Crippen molar-refractivity contribution in [2.75, 3.05) is 11.3 Å². The molecule has 0 radical (unpaired) electrons. The van der Waals surface area contributed by atoms with E-state index < -0.39 is 11.3 Å². The zero-order chi connectivity index (χ0) is 29.6. The Morgan fingerprint density at radius 3 is 2.17 bits per heavy atom. The van der Waals surface area contributed by atoms with E-state index in [1.807, 2.05) is 47.8 Å². The maximum absolute atomic E-state index is 12.5. The number of hydrogen-bond acceptors (Lipinski definition) is 5. The van der Waals surface area contributed by atoms with E-state index in [4.69, 9.17) is 20.5 Å². The standard InChI is InChI=1S/C32H44ClN5O3S/c1-3-4-5-6-7-8-9-10-11-12-24-40-28-20-22-29(23-21-28)41-42(39)37-27-18-16-26(17-19-27)14-13-15-30-34-35-32-31(33)25(2)36-38(30)32/h16-23,36-37H,3-15,24H2,1-2H3. The number of ether oxygens (including phenoxy) is 1. The first-order valence-corrected chi connectivity index (χ1v) is 16.8. The molecule has 4 rings (SSSR count). The molecule has 10 heteroatoms. The van der Waals surface area contributed by atoms with Gasteiger partial charge in [-0.15, -0.1) is 10.2 Å². The second kappa shape index (κ2) is 17.2. The quantitative estimate of drug-likeness (QED) is 0.0974. The van der Waals surface area contributed by atoms with Crippen molar-refractivity contribution in [1.29, 1.82) is 0 Å². The molecule has 0 saturated carbocycles. The van der Waals surface area contributed by atoms with Crippen LogP contribution in [0.1, 0.15) is 94.6 Å². The Bertz CT molecular complexity index is 1370. The molecule has 0 aliphatic rings. The van der Waals surface area contributed by atoms with Gasteiger partial charge in [0.05, 0.1) is 12.3 Å². The van der Waals surface area contributed by atoms with Gasteiger partial charge < -0.3 is 8.92 Å². The Labute approximate surface area is 257 Å². The minimum atomic E-state index is -1.71. The third kappa shape index (κ3) is 10.1. The Balaban J connectivity index is 1.08. The first kappa shape index (κ1) is 31.9. The second-order valence-corrected chi connectivity index (χ2v) is 12.0. The Hall–Kier alpha value is -3.04. The van der Waals surface area contributed by atoms with Crippen molar-refractivity contribution in [2.45, 2.75) is 97.3 Å². The molecule has 4 aromatic rings. The Morgan fingerprint density at radius 1 is 0.833 bits per heavy atom. The van der Waals surface area contributed by atoms with Crippen LogP contribution in [-0.2, 0) is 24.1 Å². The van der Waals surface area contributed by atoms with Gasteiger partial charge in [-0.1, -0.05) is 88.4 Å². The number of nitrogens with one attached hydrogen (secondary N) is 2. The molecule has 1 atom stereocenters. The van der Waals surface area contributed by atoms with E-state index in [0.29, 0.717) is 23.0 Å². The minimum absolute atomic E-state index is 0.518. The lowest BCUT2D eigenvalue weighted by atomic mass is 10.1. The molecule has 0 spiro atoms. The van der Waals surface area contributed by atoms with Gasteiger partial charge in [-0.2, -0.15) is 4.21 Å². The lowest BCUT2D eigenvalue weighted by molar-refractivity contribution is 0.304. The zero-order valence-corrected chi connectivity index (χ0v) is 26.4. The van der Waals surface area contributed by atoms with Crippen molar-refractivity contribution >= 4 is 34.2 Å². The molecule has 1 unspecified atom stereocenters. The topological polar surface area (TPSA) is 93.5 Å². The number of aromatic nitrogens is 4. The number of aromatic amines is 1. The molecular formula is C32H44ClN5O3S. The van der Waals surface area contributed by atoms with Crippen molar-refractivity contribution in [1.82, 2.24) is 19.8 Å². The first-order valence-electron chi connectivity index (χ1n) is 15.3. The highest BCUT2D eigenvalue weighted by Crippen LogP contribution is 2.22. The highest BCUT2D eigenvalue weighted by Gasteiger charge is 2.13. The van der Waals surface area contributed by atoms with Gasteiger partial charge in [0.15, 0.2) is 11.5 Å². The van der Waals surface area contributed by atoms with Gasteiger partial charge in [-0.25, -0.2) is 4.52 Å². The summed E-state index contributed by atoms with van der Waals surface area (Å²) >= 11 is 4.53. The van der Waals surface area contributed by atoms with Crippen LogP contribution in [0.25, 0.3) is 5.65 Å². The largest absolute Gasteiger partial charge is 0.494 e. The summed E-state index contributed by atoms with van der Waals surface area (Å²) in [6.07, 6.45) is 15.6. The summed E-state index contributed by atoms with van der Waals surface area (Å²) in [5.74, 6) is 2.18. The first-order chi connectivity index (χ1) is 20.5. The van der Waals surface area contributed by atoms with Crippen LogP contribution in [0.15, 0.2) is 48.5 Å². The van der Waals surface area contributed by atoms with Crippen LogP contribution in [0.5, 0.6) is 11.5 Å². The molecule has 0 aliphatic carbocycles. The van der Waals surface area contributed by atoms with Gasteiger partial charge in [0, 0.05) is 12.1 Å². The predicted molar refractivity (Wildman–Crippen MR) is 172 cm³/mol. The number of H-pyrrole nitrogens is 1. The summed E-state index contributed by atoms with van der Waals surface area (Å²) in [4.78, 5) is 0. The number of aryl methyl sites for hydroxylation is 3. The van der Waals surface area contributed by atoms with Gasteiger partial charge in [0.1, 0.15) is 16.5 Å². The fourth-order valence-electron chi connectivity index (χ4n) is 4.89. The molecule has 0 saturated heterocycles. The number of hydrogen-bond donors (Lipinski definition) is 2. The molecule has 2 aromatic carbocycles. The molecule has 2 N–H and O–H groups in total. The van der Waals surface area contributed by atoms with Crippen LogP contribution in [0, 0.1) is 6.92 Å². The van der Waals surface area contributed by atoms with Crippen LogP contribution in [0.2, 0.25) is 5.02 Å². The molecule has 0 amide bonds. The van der Waals surface area contributed by atoms with E-state index in [0.717, 1.165) is 48.6 Å². The van der Waals surface area contributed by atoms with Crippen LogP contribution in [0.3, 0.4) is 0 Å².